The Morgan fingerprint density at radius 1 is 1.00 bits per heavy atom. The summed E-state index contributed by atoms with van der Waals surface area (Å²) < 4.78 is 7.52. The lowest BCUT2D eigenvalue weighted by Crippen LogP contribution is -2.49. The molecule has 4 aromatic rings. The predicted octanol–water partition coefficient (Wildman–Crippen LogP) is 3.18. The molecule has 8 heteroatoms. The number of piperazine rings is 1. The third-order valence-corrected chi connectivity index (χ3v) is 5.67. The first-order chi connectivity index (χ1) is 15.7. The number of hydrogen-bond acceptors (Lipinski definition) is 6. The molecule has 0 aliphatic carbocycles. The summed E-state index contributed by atoms with van der Waals surface area (Å²) in [5, 5.41) is 6.19. The molecule has 0 bridgehead atoms. The molecular weight excluding hydrogens is 404 g/mol. The molecule has 0 saturated carbocycles. The van der Waals surface area contributed by atoms with E-state index >= 15 is 0 Å². The highest BCUT2D eigenvalue weighted by Gasteiger charge is 2.26. The van der Waals surface area contributed by atoms with Crippen molar-refractivity contribution in [1.29, 1.82) is 0 Å². The van der Waals surface area contributed by atoms with Gasteiger partial charge in [-0.2, -0.15) is 5.10 Å². The van der Waals surface area contributed by atoms with Crippen molar-refractivity contribution in [3.8, 4) is 11.6 Å². The van der Waals surface area contributed by atoms with Crippen molar-refractivity contribution in [2.75, 3.05) is 37.7 Å². The van der Waals surface area contributed by atoms with Crippen LogP contribution in [0.5, 0.6) is 5.75 Å². The zero-order valence-corrected chi connectivity index (χ0v) is 17.9. The van der Waals surface area contributed by atoms with Crippen LogP contribution >= 0.6 is 0 Å². The zero-order chi connectivity index (χ0) is 21.9. The van der Waals surface area contributed by atoms with Crippen molar-refractivity contribution in [2.24, 2.45) is 0 Å². The number of amides is 1. The van der Waals surface area contributed by atoms with Gasteiger partial charge < -0.3 is 14.5 Å². The van der Waals surface area contributed by atoms with Crippen LogP contribution in [0.1, 0.15) is 17.3 Å². The van der Waals surface area contributed by atoms with Crippen molar-refractivity contribution in [3.63, 3.8) is 0 Å². The van der Waals surface area contributed by atoms with Crippen molar-refractivity contribution in [3.05, 3.63) is 72.8 Å². The molecule has 0 N–H and O–H groups in total. The number of aromatic nitrogens is 4. The lowest BCUT2D eigenvalue weighted by Gasteiger charge is -2.35. The van der Waals surface area contributed by atoms with E-state index in [1.807, 2.05) is 66.6 Å². The zero-order valence-electron chi connectivity index (χ0n) is 17.9. The summed E-state index contributed by atoms with van der Waals surface area (Å²) in [6.45, 7) is 5.04. The van der Waals surface area contributed by atoms with Crippen LogP contribution in [0.25, 0.3) is 16.6 Å². The van der Waals surface area contributed by atoms with Gasteiger partial charge in [0.25, 0.3) is 5.91 Å². The summed E-state index contributed by atoms with van der Waals surface area (Å²) in [7, 11) is 0. The second-order valence-corrected chi connectivity index (χ2v) is 7.56. The van der Waals surface area contributed by atoms with E-state index in [0.29, 0.717) is 44.1 Å². The molecule has 162 valence electrons. The van der Waals surface area contributed by atoms with Crippen LogP contribution in [0, 0.1) is 0 Å². The first-order valence-corrected chi connectivity index (χ1v) is 10.8. The highest BCUT2D eigenvalue weighted by atomic mass is 16.5. The van der Waals surface area contributed by atoms with Crippen LogP contribution in [0.3, 0.4) is 0 Å². The molecule has 0 atom stereocenters. The minimum Gasteiger partial charge on any atom is -0.493 e. The second kappa shape index (κ2) is 8.66. The van der Waals surface area contributed by atoms with E-state index < -0.39 is 0 Å². The number of ether oxygens (including phenoxy) is 1. The van der Waals surface area contributed by atoms with E-state index in [4.69, 9.17) is 4.74 Å². The Morgan fingerprint density at radius 2 is 1.81 bits per heavy atom. The number of hydrogen-bond donors (Lipinski definition) is 0. The predicted molar refractivity (Wildman–Crippen MR) is 122 cm³/mol. The third-order valence-electron chi connectivity index (χ3n) is 5.67. The number of carbonyl (C=O) groups is 1. The third kappa shape index (κ3) is 3.75. The highest BCUT2D eigenvalue weighted by Crippen LogP contribution is 2.30. The summed E-state index contributed by atoms with van der Waals surface area (Å²) in [5.74, 6) is 2.19. The van der Waals surface area contributed by atoms with Gasteiger partial charge in [0.2, 0.25) is 0 Å². The van der Waals surface area contributed by atoms with E-state index in [1.165, 1.54) is 0 Å². The highest BCUT2D eigenvalue weighted by molar-refractivity contribution is 6.09. The molecule has 8 nitrogen and oxygen atoms in total. The molecule has 0 spiro atoms. The normalized spacial score (nSPS) is 14.0. The number of benzene rings is 2. The maximum atomic E-state index is 13.6. The van der Waals surface area contributed by atoms with Crippen LogP contribution in [0.2, 0.25) is 0 Å². The molecule has 5 rings (SSSR count). The van der Waals surface area contributed by atoms with E-state index in [2.05, 4.69) is 20.0 Å². The van der Waals surface area contributed by atoms with Gasteiger partial charge in [0.1, 0.15) is 17.9 Å². The van der Waals surface area contributed by atoms with Gasteiger partial charge in [-0.15, -0.1) is 0 Å². The van der Waals surface area contributed by atoms with Crippen LogP contribution in [-0.4, -0.2) is 63.3 Å². The lowest BCUT2D eigenvalue weighted by atomic mass is 10.0. The van der Waals surface area contributed by atoms with Gasteiger partial charge in [-0.05, 0) is 29.8 Å². The lowest BCUT2D eigenvalue weighted by molar-refractivity contribution is 0.0744. The van der Waals surface area contributed by atoms with Gasteiger partial charge in [0.05, 0.1) is 12.2 Å². The van der Waals surface area contributed by atoms with Crippen LogP contribution < -0.4 is 9.64 Å². The van der Waals surface area contributed by atoms with Crippen molar-refractivity contribution >= 4 is 22.5 Å². The molecule has 1 aliphatic rings. The fourth-order valence-electron chi connectivity index (χ4n) is 4.08. The number of nitrogens with zero attached hydrogens (tertiary/aromatic N) is 6. The second-order valence-electron chi connectivity index (χ2n) is 7.56. The van der Waals surface area contributed by atoms with E-state index in [9.17, 15) is 4.79 Å². The molecular formula is C24H24N6O2. The van der Waals surface area contributed by atoms with Gasteiger partial charge in [-0.25, -0.2) is 14.6 Å². The molecule has 1 aliphatic heterocycles. The Labute approximate surface area is 186 Å². The first-order valence-electron chi connectivity index (χ1n) is 10.8. The molecule has 0 unspecified atom stereocenters. The average Bonchev–Trinajstić information content (AvgIpc) is 3.39. The molecule has 32 heavy (non-hydrogen) atoms. The molecule has 1 amide bonds. The van der Waals surface area contributed by atoms with E-state index in [1.54, 1.807) is 17.2 Å². The van der Waals surface area contributed by atoms with Crippen LogP contribution in [0.15, 0.2) is 67.3 Å². The topological polar surface area (TPSA) is 76.4 Å². The number of anilines is 1. The standard InChI is InChI=1S/C24H24N6O2/c1-2-32-20-9-8-18-6-3-4-7-19(18)23(20)24(31)29-14-12-28(13-15-29)21-16-22(26-17-25-21)30-11-5-10-27-30/h3-11,16-17H,2,12-15H2,1H3. The van der Waals surface area contributed by atoms with Gasteiger partial charge in [-0.3, -0.25) is 4.79 Å². The molecule has 2 aromatic heterocycles. The SMILES string of the molecule is CCOc1ccc2ccccc2c1C(=O)N1CCN(c2cc(-n3cccn3)ncn2)CC1. The summed E-state index contributed by atoms with van der Waals surface area (Å²) in [6, 6.07) is 15.6. The van der Waals surface area contributed by atoms with Gasteiger partial charge in [0, 0.05) is 44.6 Å². The summed E-state index contributed by atoms with van der Waals surface area (Å²) in [4.78, 5) is 26.4. The Kier molecular flexibility index (Phi) is 5.41. The molecule has 1 fully saturated rings. The fraction of sp³-hybridized carbons (Fsp3) is 0.250. The fourth-order valence-corrected chi connectivity index (χ4v) is 4.08. The van der Waals surface area contributed by atoms with Crippen LogP contribution in [-0.2, 0) is 0 Å². The first kappa shape index (κ1) is 20.0. The monoisotopic (exact) mass is 428 g/mol. The van der Waals surface area contributed by atoms with Crippen LogP contribution in [0.4, 0.5) is 5.82 Å². The van der Waals surface area contributed by atoms with E-state index in [0.717, 1.165) is 22.4 Å². The summed E-state index contributed by atoms with van der Waals surface area (Å²) in [6.07, 6.45) is 5.12. The average molecular weight is 428 g/mol. The molecule has 2 aromatic carbocycles. The van der Waals surface area contributed by atoms with Gasteiger partial charge >= 0.3 is 0 Å². The maximum Gasteiger partial charge on any atom is 0.258 e. The van der Waals surface area contributed by atoms with Crippen molar-refractivity contribution in [2.45, 2.75) is 6.92 Å². The minimum absolute atomic E-state index is 0.00446. The molecule has 0 radical (unpaired) electrons. The number of carbonyl (C=O) groups excluding carboxylic acids is 1. The smallest absolute Gasteiger partial charge is 0.258 e. The summed E-state index contributed by atoms with van der Waals surface area (Å²) in [5.41, 5.74) is 0.640. The molecule has 3 heterocycles. The minimum atomic E-state index is 0.00446. The quantitative estimate of drug-likeness (QED) is 0.486. The van der Waals surface area contributed by atoms with Gasteiger partial charge in [-0.1, -0.05) is 30.3 Å². The Morgan fingerprint density at radius 3 is 2.59 bits per heavy atom. The Bertz CT molecular complexity index is 1230. The maximum absolute atomic E-state index is 13.6. The van der Waals surface area contributed by atoms with E-state index in [-0.39, 0.29) is 5.91 Å². The number of rotatable bonds is 5. The Balaban J connectivity index is 1.36. The Hall–Kier alpha value is -3.94. The number of fused-ring (bicyclic) bond motifs is 1. The largest absolute Gasteiger partial charge is 0.493 e. The molecule has 1 saturated heterocycles. The van der Waals surface area contributed by atoms with Crippen molar-refractivity contribution in [1.82, 2.24) is 24.6 Å². The van der Waals surface area contributed by atoms with Gasteiger partial charge in [0.15, 0.2) is 5.82 Å². The summed E-state index contributed by atoms with van der Waals surface area (Å²) >= 11 is 0. The van der Waals surface area contributed by atoms with Crippen molar-refractivity contribution < 1.29 is 9.53 Å².